The second kappa shape index (κ2) is 6.90. The summed E-state index contributed by atoms with van der Waals surface area (Å²) in [6, 6.07) is 7.55. The van der Waals surface area contributed by atoms with Gasteiger partial charge in [-0.05, 0) is 39.3 Å². The average Bonchev–Trinajstić information content (AvgIpc) is 2.92. The van der Waals surface area contributed by atoms with E-state index >= 15 is 0 Å². The highest BCUT2D eigenvalue weighted by molar-refractivity contribution is 5.68. The van der Waals surface area contributed by atoms with Crippen molar-refractivity contribution >= 4 is 6.09 Å². The summed E-state index contributed by atoms with van der Waals surface area (Å²) in [6.45, 7) is 7.63. The molecule has 0 radical (unpaired) electrons. The van der Waals surface area contributed by atoms with E-state index in [0.29, 0.717) is 19.1 Å². The highest BCUT2D eigenvalue weighted by Crippen LogP contribution is 2.23. The number of hydrogen-bond donors (Lipinski definition) is 0. The van der Waals surface area contributed by atoms with Crippen molar-refractivity contribution in [3.05, 3.63) is 24.3 Å². The third-order valence-corrected chi connectivity index (χ3v) is 3.46. The number of carbonyl (C=O) groups excluding carboxylic acids is 1. The topological polar surface area (TPSA) is 48.0 Å². The Labute approximate surface area is 132 Å². The van der Waals surface area contributed by atoms with Gasteiger partial charge in [-0.2, -0.15) is 0 Å². The summed E-state index contributed by atoms with van der Waals surface area (Å²) in [5.74, 6) is 1.90. The molecule has 2 rings (SSSR count). The Morgan fingerprint density at radius 3 is 2.73 bits per heavy atom. The smallest absolute Gasteiger partial charge is 0.410 e. The highest BCUT2D eigenvalue weighted by Gasteiger charge is 2.30. The van der Waals surface area contributed by atoms with Crippen molar-refractivity contribution in [1.82, 2.24) is 4.90 Å². The van der Waals surface area contributed by atoms with Crippen LogP contribution in [-0.2, 0) is 4.74 Å². The highest BCUT2D eigenvalue weighted by atomic mass is 16.6. The molecule has 0 saturated carbocycles. The van der Waals surface area contributed by atoms with E-state index in [2.05, 4.69) is 0 Å². The second-order valence-corrected chi connectivity index (χ2v) is 6.57. The fourth-order valence-corrected chi connectivity index (χ4v) is 2.37. The molecule has 0 bridgehead atoms. The van der Waals surface area contributed by atoms with E-state index in [9.17, 15) is 4.79 Å². The zero-order chi connectivity index (χ0) is 16.2. The summed E-state index contributed by atoms with van der Waals surface area (Å²) in [6.07, 6.45) is 0.694. The molecule has 0 N–H and O–H groups in total. The van der Waals surface area contributed by atoms with Crippen LogP contribution in [-0.4, -0.2) is 43.4 Å². The lowest BCUT2D eigenvalue weighted by Gasteiger charge is -2.24. The van der Waals surface area contributed by atoms with Crippen molar-refractivity contribution in [3.63, 3.8) is 0 Å². The Hall–Kier alpha value is -1.91. The number of benzene rings is 1. The Morgan fingerprint density at radius 1 is 1.32 bits per heavy atom. The van der Waals surface area contributed by atoms with Gasteiger partial charge in [0, 0.05) is 25.1 Å². The van der Waals surface area contributed by atoms with Crippen LogP contribution in [0.1, 0.15) is 27.2 Å². The summed E-state index contributed by atoms with van der Waals surface area (Å²) < 4.78 is 16.4. The molecule has 1 atom stereocenters. The van der Waals surface area contributed by atoms with Crippen molar-refractivity contribution in [2.24, 2.45) is 5.92 Å². The van der Waals surface area contributed by atoms with Crippen LogP contribution in [0.4, 0.5) is 4.79 Å². The predicted molar refractivity (Wildman–Crippen MR) is 84.4 cm³/mol. The molecule has 0 spiro atoms. The van der Waals surface area contributed by atoms with Crippen LogP contribution in [0, 0.1) is 5.92 Å². The lowest BCUT2D eigenvalue weighted by Crippen LogP contribution is -2.35. The Kier molecular flexibility index (Phi) is 5.16. The minimum Gasteiger partial charge on any atom is -0.497 e. The van der Waals surface area contributed by atoms with Crippen molar-refractivity contribution in [3.8, 4) is 11.5 Å². The largest absolute Gasteiger partial charge is 0.497 e. The van der Waals surface area contributed by atoms with E-state index < -0.39 is 5.60 Å². The second-order valence-electron chi connectivity index (χ2n) is 6.57. The van der Waals surface area contributed by atoms with Gasteiger partial charge in [-0.1, -0.05) is 6.07 Å². The number of amides is 1. The van der Waals surface area contributed by atoms with Gasteiger partial charge >= 0.3 is 6.09 Å². The molecule has 1 amide bonds. The molecule has 1 aliphatic rings. The summed E-state index contributed by atoms with van der Waals surface area (Å²) in [5.41, 5.74) is -0.452. The van der Waals surface area contributed by atoms with Gasteiger partial charge in [0.25, 0.3) is 0 Å². The first kappa shape index (κ1) is 16.5. The molecule has 0 unspecified atom stereocenters. The fourth-order valence-electron chi connectivity index (χ4n) is 2.37. The molecule has 1 aromatic carbocycles. The average molecular weight is 307 g/mol. The quantitative estimate of drug-likeness (QED) is 0.856. The SMILES string of the molecule is COc1cccc(OC[C@@H]2CCN(C(=O)OC(C)(C)C)C2)c1. The summed E-state index contributed by atoms with van der Waals surface area (Å²) in [4.78, 5) is 13.8. The molecule has 1 heterocycles. The van der Waals surface area contributed by atoms with Gasteiger partial charge in [-0.15, -0.1) is 0 Å². The molecule has 122 valence electrons. The van der Waals surface area contributed by atoms with Crippen LogP contribution < -0.4 is 9.47 Å². The molecule has 1 fully saturated rings. The lowest BCUT2D eigenvalue weighted by molar-refractivity contribution is 0.0285. The first-order valence-electron chi connectivity index (χ1n) is 7.62. The zero-order valence-electron chi connectivity index (χ0n) is 13.8. The standard InChI is InChI=1S/C17H25NO4/c1-17(2,3)22-16(19)18-9-8-13(11-18)12-21-15-7-5-6-14(10-15)20-4/h5-7,10,13H,8-9,11-12H2,1-4H3/t13-/m1/s1. The summed E-state index contributed by atoms with van der Waals surface area (Å²) in [7, 11) is 1.63. The molecule has 0 aliphatic carbocycles. The first-order chi connectivity index (χ1) is 10.4. The third-order valence-electron chi connectivity index (χ3n) is 3.46. The van der Waals surface area contributed by atoms with Crippen LogP contribution in [0.5, 0.6) is 11.5 Å². The molecular weight excluding hydrogens is 282 g/mol. The number of carbonyl (C=O) groups is 1. The van der Waals surface area contributed by atoms with E-state index in [1.807, 2.05) is 45.0 Å². The summed E-state index contributed by atoms with van der Waals surface area (Å²) in [5, 5.41) is 0. The van der Waals surface area contributed by atoms with Gasteiger partial charge in [-0.3, -0.25) is 0 Å². The van der Waals surface area contributed by atoms with Gasteiger partial charge < -0.3 is 19.1 Å². The van der Waals surface area contributed by atoms with Gasteiger partial charge in [0.2, 0.25) is 0 Å². The monoisotopic (exact) mass is 307 g/mol. The number of nitrogens with zero attached hydrogens (tertiary/aromatic N) is 1. The Morgan fingerprint density at radius 2 is 2.05 bits per heavy atom. The zero-order valence-corrected chi connectivity index (χ0v) is 13.8. The fraction of sp³-hybridized carbons (Fsp3) is 0.588. The van der Waals surface area contributed by atoms with Crippen molar-refractivity contribution in [2.75, 3.05) is 26.8 Å². The maximum Gasteiger partial charge on any atom is 0.410 e. The number of ether oxygens (including phenoxy) is 3. The maximum absolute atomic E-state index is 12.0. The third kappa shape index (κ3) is 4.83. The van der Waals surface area contributed by atoms with Gasteiger partial charge in [0.1, 0.15) is 17.1 Å². The molecular formula is C17H25NO4. The van der Waals surface area contributed by atoms with Crippen molar-refractivity contribution in [1.29, 1.82) is 0 Å². The molecule has 5 heteroatoms. The molecule has 1 aromatic rings. The van der Waals surface area contributed by atoms with Crippen LogP contribution in [0.3, 0.4) is 0 Å². The predicted octanol–water partition coefficient (Wildman–Crippen LogP) is 3.33. The van der Waals surface area contributed by atoms with E-state index in [1.54, 1.807) is 12.0 Å². The van der Waals surface area contributed by atoms with Crippen molar-refractivity contribution < 1.29 is 19.0 Å². The Balaban J connectivity index is 1.80. The molecule has 1 aliphatic heterocycles. The van der Waals surface area contributed by atoms with Gasteiger partial charge in [0.15, 0.2) is 0 Å². The van der Waals surface area contributed by atoms with Gasteiger partial charge in [-0.25, -0.2) is 4.79 Å². The first-order valence-corrected chi connectivity index (χ1v) is 7.62. The van der Waals surface area contributed by atoms with Crippen LogP contribution in [0.15, 0.2) is 24.3 Å². The normalized spacial score (nSPS) is 18.2. The molecule has 1 saturated heterocycles. The van der Waals surface area contributed by atoms with Gasteiger partial charge in [0.05, 0.1) is 13.7 Å². The van der Waals surface area contributed by atoms with Crippen LogP contribution in [0.2, 0.25) is 0 Å². The minimum absolute atomic E-state index is 0.239. The number of methoxy groups -OCH3 is 1. The number of likely N-dealkylation sites (tertiary alicyclic amines) is 1. The minimum atomic E-state index is -0.452. The molecule has 22 heavy (non-hydrogen) atoms. The van der Waals surface area contributed by atoms with Crippen molar-refractivity contribution in [2.45, 2.75) is 32.8 Å². The molecule has 5 nitrogen and oxygen atoms in total. The van der Waals surface area contributed by atoms with E-state index in [0.717, 1.165) is 24.5 Å². The number of hydrogen-bond acceptors (Lipinski definition) is 4. The van der Waals surface area contributed by atoms with E-state index in [-0.39, 0.29) is 6.09 Å². The lowest BCUT2D eigenvalue weighted by atomic mass is 10.1. The summed E-state index contributed by atoms with van der Waals surface area (Å²) >= 11 is 0. The van der Waals surface area contributed by atoms with E-state index in [1.165, 1.54) is 0 Å². The van der Waals surface area contributed by atoms with E-state index in [4.69, 9.17) is 14.2 Å². The Bertz CT molecular complexity index is 510. The van der Waals surface area contributed by atoms with Crippen LogP contribution in [0.25, 0.3) is 0 Å². The number of rotatable bonds is 4. The maximum atomic E-state index is 12.0. The molecule has 0 aromatic heterocycles. The van der Waals surface area contributed by atoms with Crippen LogP contribution >= 0.6 is 0 Å².